The van der Waals surface area contributed by atoms with E-state index >= 15 is 0 Å². The molecule has 0 aliphatic heterocycles. The van der Waals surface area contributed by atoms with Gasteiger partial charge < -0.3 is 10.1 Å². The normalized spacial score (nSPS) is 10.7. The molecule has 0 bridgehead atoms. The van der Waals surface area contributed by atoms with Crippen molar-refractivity contribution < 1.29 is 17.9 Å². The molecular formula is C13H16F3NO. The maximum Gasteiger partial charge on any atom is 0.194 e. The molecule has 0 spiro atoms. The molecule has 1 aromatic carbocycles. The Balaban J connectivity index is 2.29. The van der Waals surface area contributed by atoms with E-state index in [0.29, 0.717) is 25.3 Å². The summed E-state index contributed by atoms with van der Waals surface area (Å²) in [6, 6.07) is 1.94. The van der Waals surface area contributed by atoms with Gasteiger partial charge in [-0.05, 0) is 24.6 Å². The first kappa shape index (κ1) is 14.7. The molecule has 0 amide bonds. The lowest BCUT2D eigenvalue weighted by molar-refractivity contribution is 0.157. The molecule has 0 heterocycles. The Hall–Kier alpha value is -1.33. The van der Waals surface area contributed by atoms with Crippen molar-refractivity contribution in [2.24, 2.45) is 0 Å². The van der Waals surface area contributed by atoms with Crippen LogP contribution in [0.25, 0.3) is 0 Å². The molecule has 2 nitrogen and oxygen atoms in total. The fraction of sp³-hybridized carbons (Fsp3) is 0.385. The molecule has 0 unspecified atom stereocenters. The van der Waals surface area contributed by atoms with E-state index in [-0.39, 0.29) is 6.54 Å². The Bertz CT molecular complexity index is 398. The average Bonchev–Trinajstić information content (AvgIpc) is 2.30. The Morgan fingerprint density at radius 3 is 2.44 bits per heavy atom. The molecule has 100 valence electrons. The number of rotatable bonds is 7. The molecular weight excluding hydrogens is 243 g/mol. The third kappa shape index (κ3) is 4.89. The van der Waals surface area contributed by atoms with Crippen LogP contribution in [-0.2, 0) is 11.3 Å². The molecule has 0 saturated heterocycles. The van der Waals surface area contributed by atoms with Crippen molar-refractivity contribution in [3.05, 3.63) is 47.3 Å². The van der Waals surface area contributed by atoms with Gasteiger partial charge in [0.2, 0.25) is 0 Å². The van der Waals surface area contributed by atoms with Gasteiger partial charge in [-0.1, -0.05) is 12.2 Å². The van der Waals surface area contributed by atoms with Gasteiger partial charge in [-0.25, -0.2) is 13.2 Å². The second kappa shape index (κ2) is 7.18. The zero-order chi connectivity index (χ0) is 13.5. The SMILES string of the molecule is C=C(C)COCCNCc1cc(F)c(F)c(F)c1. The predicted molar refractivity (Wildman–Crippen MR) is 63.7 cm³/mol. The third-order valence-corrected chi connectivity index (χ3v) is 2.14. The first-order valence-corrected chi connectivity index (χ1v) is 5.57. The van der Waals surface area contributed by atoms with E-state index in [1.54, 1.807) is 0 Å². The topological polar surface area (TPSA) is 21.3 Å². The van der Waals surface area contributed by atoms with Gasteiger partial charge >= 0.3 is 0 Å². The molecule has 0 aromatic heterocycles. The van der Waals surface area contributed by atoms with Crippen LogP contribution in [0.1, 0.15) is 12.5 Å². The van der Waals surface area contributed by atoms with Crippen molar-refractivity contribution in [1.29, 1.82) is 0 Å². The standard InChI is InChI=1S/C13H16F3NO/c1-9(2)8-18-4-3-17-7-10-5-11(14)13(16)12(15)6-10/h5-6,17H,1,3-4,7-8H2,2H3. The minimum Gasteiger partial charge on any atom is -0.376 e. The summed E-state index contributed by atoms with van der Waals surface area (Å²) in [4.78, 5) is 0. The summed E-state index contributed by atoms with van der Waals surface area (Å²) in [5, 5.41) is 2.94. The van der Waals surface area contributed by atoms with Crippen molar-refractivity contribution >= 4 is 0 Å². The van der Waals surface area contributed by atoms with Gasteiger partial charge in [-0.15, -0.1) is 0 Å². The first-order valence-electron chi connectivity index (χ1n) is 5.57. The average molecular weight is 259 g/mol. The second-order valence-electron chi connectivity index (χ2n) is 4.06. The third-order valence-electron chi connectivity index (χ3n) is 2.14. The van der Waals surface area contributed by atoms with E-state index in [1.165, 1.54) is 0 Å². The molecule has 0 saturated carbocycles. The first-order chi connectivity index (χ1) is 8.50. The zero-order valence-electron chi connectivity index (χ0n) is 10.2. The molecule has 1 N–H and O–H groups in total. The Morgan fingerprint density at radius 2 is 1.89 bits per heavy atom. The fourth-order valence-electron chi connectivity index (χ4n) is 1.33. The lowest BCUT2D eigenvalue weighted by Crippen LogP contribution is -2.20. The highest BCUT2D eigenvalue weighted by molar-refractivity contribution is 5.19. The molecule has 18 heavy (non-hydrogen) atoms. The molecule has 5 heteroatoms. The Labute approximate surface area is 104 Å². The number of hydrogen-bond acceptors (Lipinski definition) is 2. The van der Waals surface area contributed by atoms with Gasteiger partial charge in [0.05, 0.1) is 13.2 Å². The van der Waals surface area contributed by atoms with Crippen LogP contribution in [0.4, 0.5) is 13.2 Å². The van der Waals surface area contributed by atoms with Gasteiger partial charge in [0, 0.05) is 13.1 Å². The van der Waals surface area contributed by atoms with Gasteiger partial charge in [0.25, 0.3) is 0 Å². The van der Waals surface area contributed by atoms with E-state index in [2.05, 4.69) is 11.9 Å². The van der Waals surface area contributed by atoms with Gasteiger partial charge in [-0.3, -0.25) is 0 Å². The second-order valence-corrected chi connectivity index (χ2v) is 4.06. The molecule has 0 radical (unpaired) electrons. The van der Waals surface area contributed by atoms with Crippen LogP contribution in [-0.4, -0.2) is 19.8 Å². The molecule has 0 aliphatic carbocycles. The number of nitrogens with one attached hydrogen (secondary N) is 1. The Morgan fingerprint density at radius 1 is 1.28 bits per heavy atom. The number of benzene rings is 1. The highest BCUT2D eigenvalue weighted by Gasteiger charge is 2.09. The molecule has 0 fully saturated rings. The van der Waals surface area contributed by atoms with E-state index < -0.39 is 17.5 Å². The van der Waals surface area contributed by atoms with E-state index in [1.807, 2.05) is 6.92 Å². The van der Waals surface area contributed by atoms with Gasteiger partial charge in [0.15, 0.2) is 17.5 Å². The minimum atomic E-state index is -1.44. The van der Waals surface area contributed by atoms with E-state index in [9.17, 15) is 13.2 Å². The summed E-state index contributed by atoms with van der Waals surface area (Å²) in [5.41, 5.74) is 1.28. The largest absolute Gasteiger partial charge is 0.376 e. The van der Waals surface area contributed by atoms with Crippen LogP contribution >= 0.6 is 0 Å². The van der Waals surface area contributed by atoms with E-state index in [4.69, 9.17) is 4.74 Å². The van der Waals surface area contributed by atoms with Crippen molar-refractivity contribution in [3.8, 4) is 0 Å². The highest BCUT2D eigenvalue weighted by Crippen LogP contribution is 2.13. The summed E-state index contributed by atoms with van der Waals surface area (Å²) in [6.07, 6.45) is 0. The maximum atomic E-state index is 12.9. The summed E-state index contributed by atoms with van der Waals surface area (Å²) >= 11 is 0. The number of ether oxygens (including phenoxy) is 1. The number of halogens is 3. The van der Waals surface area contributed by atoms with Gasteiger partial charge in [-0.2, -0.15) is 0 Å². The van der Waals surface area contributed by atoms with Crippen molar-refractivity contribution in [1.82, 2.24) is 5.32 Å². The monoisotopic (exact) mass is 259 g/mol. The van der Waals surface area contributed by atoms with Crippen LogP contribution in [0.3, 0.4) is 0 Å². The molecule has 0 atom stereocenters. The van der Waals surface area contributed by atoms with Crippen molar-refractivity contribution in [3.63, 3.8) is 0 Å². The molecule has 1 rings (SSSR count). The summed E-state index contributed by atoms with van der Waals surface area (Å²) in [5.74, 6) is -3.79. The van der Waals surface area contributed by atoms with Crippen LogP contribution < -0.4 is 5.32 Å². The highest BCUT2D eigenvalue weighted by atomic mass is 19.2. The van der Waals surface area contributed by atoms with Crippen molar-refractivity contribution in [2.45, 2.75) is 13.5 Å². The van der Waals surface area contributed by atoms with Crippen LogP contribution in [0.5, 0.6) is 0 Å². The summed E-state index contributed by atoms with van der Waals surface area (Å²) in [6.45, 7) is 7.29. The molecule has 1 aromatic rings. The maximum absolute atomic E-state index is 12.9. The van der Waals surface area contributed by atoms with Crippen LogP contribution in [0.2, 0.25) is 0 Å². The van der Waals surface area contributed by atoms with Crippen LogP contribution in [0, 0.1) is 17.5 Å². The minimum absolute atomic E-state index is 0.255. The Kier molecular flexibility index (Phi) is 5.88. The zero-order valence-corrected chi connectivity index (χ0v) is 10.2. The number of hydrogen-bond donors (Lipinski definition) is 1. The smallest absolute Gasteiger partial charge is 0.194 e. The summed E-state index contributed by atoms with van der Waals surface area (Å²) in [7, 11) is 0. The quantitative estimate of drug-likeness (QED) is 0.462. The molecule has 0 aliphatic rings. The van der Waals surface area contributed by atoms with E-state index in [0.717, 1.165) is 17.7 Å². The van der Waals surface area contributed by atoms with Gasteiger partial charge in [0.1, 0.15) is 0 Å². The summed E-state index contributed by atoms with van der Waals surface area (Å²) < 4.78 is 43.7. The lowest BCUT2D eigenvalue weighted by atomic mass is 10.2. The van der Waals surface area contributed by atoms with Crippen LogP contribution in [0.15, 0.2) is 24.3 Å². The lowest BCUT2D eigenvalue weighted by Gasteiger charge is -2.07. The van der Waals surface area contributed by atoms with Crippen molar-refractivity contribution in [2.75, 3.05) is 19.8 Å². The predicted octanol–water partition coefficient (Wildman–Crippen LogP) is 2.79. The fourth-order valence-corrected chi connectivity index (χ4v) is 1.33.